The van der Waals surface area contributed by atoms with Crippen molar-refractivity contribution in [1.82, 2.24) is 15.2 Å². The molecule has 1 N–H and O–H groups in total. The lowest BCUT2D eigenvalue weighted by Gasteiger charge is -2.21. The second-order valence-corrected chi connectivity index (χ2v) is 7.29. The predicted octanol–water partition coefficient (Wildman–Crippen LogP) is 2.68. The third-order valence-corrected chi connectivity index (χ3v) is 5.39. The van der Waals surface area contributed by atoms with Crippen molar-refractivity contribution in [3.63, 3.8) is 0 Å². The van der Waals surface area contributed by atoms with Crippen LogP contribution in [0, 0.1) is 16.7 Å². The molecule has 1 aromatic rings. The first-order valence-electron chi connectivity index (χ1n) is 8.04. The van der Waals surface area contributed by atoms with E-state index in [0.29, 0.717) is 16.0 Å². The minimum Gasteiger partial charge on any atom is -0.335 e. The highest BCUT2D eigenvalue weighted by molar-refractivity contribution is 6.30. The summed E-state index contributed by atoms with van der Waals surface area (Å²) >= 11 is 5.92. The molecule has 0 bridgehead atoms. The summed E-state index contributed by atoms with van der Waals surface area (Å²) in [7, 11) is 2.00. The molecule has 1 amide bonds. The minimum absolute atomic E-state index is 0.0807. The number of rotatable bonds is 3. The largest absolute Gasteiger partial charge is 0.335 e. The Hall–Kier alpha value is -1.64. The first kappa shape index (κ1) is 16.2. The van der Waals surface area contributed by atoms with Gasteiger partial charge in [-0.2, -0.15) is 5.26 Å². The van der Waals surface area contributed by atoms with Crippen molar-refractivity contribution in [3.8, 4) is 6.07 Å². The van der Waals surface area contributed by atoms with E-state index in [2.05, 4.69) is 21.3 Å². The molecule has 0 radical (unpaired) electrons. The molecule has 6 heteroatoms. The molecule has 1 aliphatic carbocycles. The Bertz CT molecular complexity index is 636. The van der Waals surface area contributed by atoms with Crippen LogP contribution in [0.1, 0.15) is 43.7 Å². The zero-order chi connectivity index (χ0) is 16.4. The van der Waals surface area contributed by atoms with Crippen LogP contribution < -0.4 is 5.32 Å². The maximum absolute atomic E-state index is 12.7. The van der Waals surface area contributed by atoms with Gasteiger partial charge in [0.05, 0.1) is 17.1 Å². The molecule has 2 unspecified atom stereocenters. The minimum atomic E-state index is -0.720. The van der Waals surface area contributed by atoms with Crippen molar-refractivity contribution in [3.05, 3.63) is 29.0 Å². The summed E-state index contributed by atoms with van der Waals surface area (Å²) in [4.78, 5) is 18.8. The maximum atomic E-state index is 12.7. The van der Waals surface area contributed by atoms with Gasteiger partial charge in [0.2, 0.25) is 5.91 Å². The van der Waals surface area contributed by atoms with Gasteiger partial charge in [-0.15, -0.1) is 0 Å². The number of halogens is 1. The fourth-order valence-electron chi connectivity index (χ4n) is 4.06. The topological polar surface area (TPSA) is 69.0 Å². The number of likely N-dealkylation sites (tertiary alicyclic amines) is 1. The maximum Gasteiger partial charge on any atom is 0.238 e. The number of aromatic nitrogens is 1. The highest BCUT2D eigenvalue weighted by Gasteiger charge is 2.46. The number of nitrogens with one attached hydrogen (secondary N) is 1. The van der Waals surface area contributed by atoms with Crippen LogP contribution in [0.15, 0.2) is 18.5 Å². The van der Waals surface area contributed by atoms with Crippen molar-refractivity contribution in [2.45, 2.75) is 44.2 Å². The summed E-state index contributed by atoms with van der Waals surface area (Å²) < 4.78 is 0. The van der Waals surface area contributed by atoms with E-state index in [1.807, 2.05) is 7.05 Å². The first-order chi connectivity index (χ1) is 11.0. The number of carbonyl (C=O) groups is 1. The molecule has 122 valence electrons. The lowest BCUT2D eigenvalue weighted by molar-refractivity contribution is -0.125. The van der Waals surface area contributed by atoms with Crippen LogP contribution in [0.25, 0.3) is 0 Å². The van der Waals surface area contributed by atoms with Crippen molar-refractivity contribution in [2.75, 3.05) is 13.6 Å². The third-order valence-electron chi connectivity index (χ3n) is 5.19. The van der Waals surface area contributed by atoms with E-state index in [1.54, 1.807) is 12.3 Å². The number of likely N-dealkylation sites (N-methyl/N-ethyl adjacent to an activating group) is 1. The fourth-order valence-corrected chi connectivity index (χ4v) is 4.25. The third kappa shape index (κ3) is 3.34. The van der Waals surface area contributed by atoms with Crippen molar-refractivity contribution in [1.29, 1.82) is 5.26 Å². The van der Waals surface area contributed by atoms with E-state index in [9.17, 15) is 10.1 Å². The van der Waals surface area contributed by atoms with Crippen molar-refractivity contribution >= 4 is 17.5 Å². The highest BCUT2D eigenvalue weighted by Crippen LogP contribution is 2.47. The average Bonchev–Trinajstić information content (AvgIpc) is 3.11. The molecule has 0 aromatic carbocycles. The average molecular weight is 333 g/mol. The van der Waals surface area contributed by atoms with Crippen LogP contribution in [0.2, 0.25) is 5.02 Å². The molecule has 5 nitrogen and oxygen atoms in total. The van der Waals surface area contributed by atoms with Crippen molar-refractivity contribution < 1.29 is 4.79 Å². The second-order valence-electron chi connectivity index (χ2n) is 6.85. The van der Waals surface area contributed by atoms with E-state index in [4.69, 9.17) is 11.6 Å². The van der Waals surface area contributed by atoms with Gasteiger partial charge in [0.1, 0.15) is 6.04 Å². The molecule has 1 aromatic heterocycles. The molecular formula is C17H21ClN4O. The Morgan fingerprint density at radius 3 is 2.91 bits per heavy atom. The summed E-state index contributed by atoms with van der Waals surface area (Å²) in [5.74, 6) is -0.0807. The molecule has 2 atom stereocenters. The lowest BCUT2D eigenvalue weighted by atomic mass is 9.84. The van der Waals surface area contributed by atoms with Crippen molar-refractivity contribution in [2.24, 2.45) is 5.41 Å². The molecule has 1 aliphatic heterocycles. The van der Waals surface area contributed by atoms with Gasteiger partial charge in [-0.25, -0.2) is 0 Å². The lowest BCUT2D eigenvalue weighted by Crippen LogP contribution is -2.42. The van der Waals surface area contributed by atoms with Gasteiger partial charge >= 0.3 is 0 Å². The molecule has 1 spiro atoms. The number of nitrogens with zero attached hydrogens (tertiary/aromatic N) is 3. The number of pyridine rings is 1. The molecule has 3 rings (SSSR count). The normalized spacial score (nSPS) is 24.5. The van der Waals surface area contributed by atoms with Crippen LogP contribution in [0.5, 0.6) is 0 Å². The zero-order valence-corrected chi connectivity index (χ0v) is 14.0. The van der Waals surface area contributed by atoms with Gasteiger partial charge in [-0.1, -0.05) is 24.4 Å². The molecule has 2 heterocycles. The molecular weight excluding hydrogens is 312 g/mol. The van der Waals surface area contributed by atoms with E-state index in [1.165, 1.54) is 31.9 Å². The molecule has 1 saturated carbocycles. The van der Waals surface area contributed by atoms with Crippen LogP contribution in [-0.4, -0.2) is 35.4 Å². The van der Waals surface area contributed by atoms with Crippen LogP contribution in [0.4, 0.5) is 0 Å². The number of hydrogen-bond donors (Lipinski definition) is 1. The molecule has 1 saturated heterocycles. The Morgan fingerprint density at radius 2 is 2.26 bits per heavy atom. The number of amides is 1. The summed E-state index contributed by atoms with van der Waals surface area (Å²) in [6.07, 6.45) is 8.91. The first-order valence-corrected chi connectivity index (χ1v) is 8.41. The Labute approximate surface area is 141 Å². The summed E-state index contributed by atoms with van der Waals surface area (Å²) in [6.45, 7) is 0.973. The Morgan fingerprint density at radius 1 is 1.52 bits per heavy atom. The second kappa shape index (κ2) is 6.46. The van der Waals surface area contributed by atoms with Gasteiger partial charge in [-0.3, -0.25) is 14.7 Å². The smallest absolute Gasteiger partial charge is 0.238 e. The fraction of sp³-hybridized carbons (Fsp3) is 0.588. The van der Waals surface area contributed by atoms with E-state index < -0.39 is 6.04 Å². The van der Waals surface area contributed by atoms with Crippen LogP contribution >= 0.6 is 11.6 Å². The SMILES string of the molecule is CN1CC2(CCCC2)CC1C(=O)NC(C#N)c1cncc(Cl)c1. The number of nitriles is 1. The molecule has 2 aliphatic rings. The monoisotopic (exact) mass is 332 g/mol. The summed E-state index contributed by atoms with van der Waals surface area (Å²) in [6, 6.07) is 2.92. The summed E-state index contributed by atoms with van der Waals surface area (Å²) in [5.41, 5.74) is 0.917. The standard InChI is InChI=1S/C17H21ClN4O/c1-22-11-17(4-2-3-5-17)7-15(22)16(23)21-14(8-19)12-6-13(18)10-20-9-12/h6,9-10,14-15H,2-5,7,11H2,1H3,(H,21,23). The highest BCUT2D eigenvalue weighted by atomic mass is 35.5. The van der Waals surface area contributed by atoms with Gasteiger partial charge in [0, 0.05) is 24.5 Å². The van der Waals surface area contributed by atoms with E-state index in [-0.39, 0.29) is 11.9 Å². The molecule has 23 heavy (non-hydrogen) atoms. The van der Waals surface area contributed by atoms with E-state index >= 15 is 0 Å². The van der Waals surface area contributed by atoms with Crippen LogP contribution in [-0.2, 0) is 4.79 Å². The predicted molar refractivity (Wildman–Crippen MR) is 87.7 cm³/mol. The van der Waals surface area contributed by atoms with E-state index in [0.717, 1.165) is 13.0 Å². The Balaban J connectivity index is 1.69. The van der Waals surface area contributed by atoms with Gasteiger partial charge in [0.25, 0.3) is 0 Å². The van der Waals surface area contributed by atoms with Gasteiger partial charge in [-0.05, 0) is 37.8 Å². The summed E-state index contributed by atoms with van der Waals surface area (Å²) in [5, 5.41) is 12.7. The molecule has 2 fully saturated rings. The van der Waals surface area contributed by atoms with Crippen LogP contribution in [0.3, 0.4) is 0 Å². The quantitative estimate of drug-likeness (QED) is 0.924. The number of carbonyl (C=O) groups excluding carboxylic acids is 1. The Kier molecular flexibility index (Phi) is 4.56. The van der Waals surface area contributed by atoms with Gasteiger partial charge < -0.3 is 5.32 Å². The van der Waals surface area contributed by atoms with Gasteiger partial charge in [0.15, 0.2) is 0 Å². The number of hydrogen-bond acceptors (Lipinski definition) is 4. The zero-order valence-electron chi connectivity index (χ0n) is 13.3.